The van der Waals surface area contributed by atoms with E-state index in [1.165, 1.54) is 38.5 Å². The zero-order valence-corrected chi connectivity index (χ0v) is 9.84. The minimum Gasteiger partial charge on any atom is -0.290 e. The molecule has 0 aliphatic heterocycles. The van der Waals surface area contributed by atoms with Crippen LogP contribution in [0, 0.1) is 17.8 Å². The summed E-state index contributed by atoms with van der Waals surface area (Å²) in [5.41, 5.74) is 2.62. The predicted octanol–water partition coefficient (Wildman–Crippen LogP) is 0.884. The van der Waals surface area contributed by atoms with Gasteiger partial charge in [-0.3, -0.25) is 5.43 Å². The molecule has 5 rings (SSSR count). The molecule has 92 valence electrons. The number of aromatic nitrogens is 4. The van der Waals surface area contributed by atoms with Crippen molar-refractivity contribution in [1.29, 1.82) is 0 Å². The molecule has 0 radical (unpaired) electrons. The van der Waals surface area contributed by atoms with Gasteiger partial charge >= 0.3 is 0 Å². The van der Waals surface area contributed by atoms with Gasteiger partial charge in [0.1, 0.15) is 0 Å². The van der Waals surface area contributed by atoms with E-state index in [4.69, 9.17) is 5.84 Å². The Hall–Kier alpha value is -1.17. The van der Waals surface area contributed by atoms with Crippen molar-refractivity contribution < 1.29 is 0 Å². The van der Waals surface area contributed by atoms with Gasteiger partial charge in [-0.1, -0.05) is 5.10 Å². The standard InChI is InChI=1S/C11H18N6/c12-13-10-14-16-17(15-10)11-4-7-1-8(5-11)3-9(2-7)6-11/h7-9H,1-6,12H2,(H,13,15). The molecule has 0 unspecified atom stereocenters. The lowest BCUT2D eigenvalue weighted by molar-refractivity contribution is -0.0573. The van der Waals surface area contributed by atoms with Crippen LogP contribution in [0.25, 0.3) is 0 Å². The number of nitrogens with zero attached hydrogens (tertiary/aromatic N) is 4. The van der Waals surface area contributed by atoms with Gasteiger partial charge in [-0.25, -0.2) is 5.84 Å². The maximum atomic E-state index is 5.33. The van der Waals surface area contributed by atoms with Crippen LogP contribution in [-0.2, 0) is 5.54 Å². The largest absolute Gasteiger partial charge is 0.290 e. The van der Waals surface area contributed by atoms with Crippen molar-refractivity contribution in [3.8, 4) is 0 Å². The molecule has 6 heteroatoms. The first-order chi connectivity index (χ1) is 8.27. The van der Waals surface area contributed by atoms with Crippen LogP contribution in [0.2, 0.25) is 0 Å². The second kappa shape index (κ2) is 3.19. The number of nitrogens with two attached hydrogens (primary N) is 1. The van der Waals surface area contributed by atoms with Crippen molar-refractivity contribution in [2.75, 3.05) is 5.43 Å². The van der Waals surface area contributed by atoms with Crippen molar-refractivity contribution in [1.82, 2.24) is 20.2 Å². The fourth-order valence-electron chi connectivity index (χ4n) is 4.78. The van der Waals surface area contributed by atoms with Gasteiger partial charge in [0.05, 0.1) is 5.54 Å². The number of nitrogen functional groups attached to an aromatic ring is 1. The Labute approximate surface area is 99.9 Å². The van der Waals surface area contributed by atoms with Crippen molar-refractivity contribution in [3.05, 3.63) is 0 Å². The van der Waals surface area contributed by atoms with E-state index in [-0.39, 0.29) is 5.54 Å². The van der Waals surface area contributed by atoms with Crippen LogP contribution in [0.3, 0.4) is 0 Å². The summed E-state index contributed by atoms with van der Waals surface area (Å²) in [6.45, 7) is 0. The van der Waals surface area contributed by atoms with Gasteiger partial charge in [0.25, 0.3) is 5.95 Å². The Kier molecular flexibility index (Phi) is 1.84. The lowest BCUT2D eigenvalue weighted by Gasteiger charge is -2.55. The Morgan fingerprint density at radius 3 is 2.18 bits per heavy atom. The molecule has 4 bridgehead atoms. The summed E-state index contributed by atoms with van der Waals surface area (Å²) in [5.74, 6) is 8.43. The molecule has 3 N–H and O–H groups in total. The fraction of sp³-hybridized carbons (Fsp3) is 0.909. The highest BCUT2D eigenvalue weighted by Gasteiger charge is 2.53. The van der Waals surface area contributed by atoms with Crippen molar-refractivity contribution >= 4 is 5.95 Å². The lowest BCUT2D eigenvalue weighted by Crippen LogP contribution is -2.52. The van der Waals surface area contributed by atoms with Gasteiger partial charge in [-0.2, -0.15) is 4.80 Å². The average molecular weight is 234 g/mol. The van der Waals surface area contributed by atoms with Crippen molar-refractivity contribution in [2.45, 2.75) is 44.1 Å². The molecule has 0 spiro atoms. The summed E-state index contributed by atoms with van der Waals surface area (Å²) in [4.78, 5) is 1.85. The second-order valence-electron chi connectivity index (χ2n) is 6.19. The highest BCUT2D eigenvalue weighted by atomic mass is 15.6. The van der Waals surface area contributed by atoms with Crippen LogP contribution in [-0.4, -0.2) is 20.2 Å². The molecule has 4 aliphatic rings. The van der Waals surface area contributed by atoms with E-state index >= 15 is 0 Å². The van der Waals surface area contributed by atoms with E-state index in [1.807, 2.05) is 4.80 Å². The van der Waals surface area contributed by atoms with Crippen LogP contribution in [0.15, 0.2) is 0 Å². The zero-order chi connectivity index (χ0) is 11.5. The first-order valence-electron chi connectivity index (χ1n) is 6.54. The van der Waals surface area contributed by atoms with Gasteiger partial charge in [-0.05, 0) is 61.5 Å². The molecule has 0 amide bonds. The van der Waals surface area contributed by atoms with Crippen LogP contribution in [0.5, 0.6) is 0 Å². The van der Waals surface area contributed by atoms with E-state index in [9.17, 15) is 0 Å². The number of anilines is 1. The maximum Gasteiger partial charge on any atom is 0.277 e. The number of rotatable bonds is 2. The third-order valence-corrected chi connectivity index (χ3v) is 4.97. The van der Waals surface area contributed by atoms with Crippen molar-refractivity contribution in [2.24, 2.45) is 23.6 Å². The summed E-state index contributed by atoms with van der Waals surface area (Å²) < 4.78 is 0. The topological polar surface area (TPSA) is 81.6 Å². The Morgan fingerprint density at radius 2 is 1.71 bits per heavy atom. The van der Waals surface area contributed by atoms with Crippen molar-refractivity contribution in [3.63, 3.8) is 0 Å². The Balaban J connectivity index is 1.72. The molecular weight excluding hydrogens is 216 g/mol. The minimum absolute atomic E-state index is 0.150. The smallest absolute Gasteiger partial charge is 0.277 e. The molecule has 0 saturated heterocycles. The molecule has 0 atom stereocenters. The van der Waals surface area contributed by atoms with Crippen LogP contribution >= 0.6 is 0 Å². The average Bonchev–Trinajstić information content (AvgIpc) is 2.76. The number of hydrazine groups is 1. The normalized spacial score (nSPS) is 43.0. The number of hydrogen-bond donors (Lipinski definition) is 2. The summed E-state index contributed by atoms with van der Waals surface area (Å²) in [5, 5.41) is 12.5. The third kappa shape index (κ3) is 1.33. The number of nitrogens with one attached hydrogen (secondary N) is 1. The van der Waals surface area contributed by atoms with E-state index < -0.39 is 0 Å². The van der Waals surface area contributed by atoms with Gasteiger partial charge in [0.2, 0.25) is 0 Å². The lowest BCUT2D eigenvalue weighted by atomic mass is 9.53. The van der Waals surface area contributed by atoms with Crippen LogP contribution in [0.1, 0.15) is 38.5 Å². The highest BCUT2D eigenvalue weighted by molar-refractivity contribution is 5.16. The van der Waals surface area contributed by atoms with Crippen LogP contribution < -0.4 is 11.3 Å². The third-order valence-electron chi connectivity index (χ3n) is 4.97. The van der Waals surface area contributed by atoms with E-state index in [1.54, 1.807) is 0 Å². The molecule has 1 aromatic rings. The maximum absolute atomic E-state index is 5.33. The van der Waals surface area contributed by atoms with E-state index in [0.29, 0.717) is 5.95 Å². The monoisotopic (exact) mass is 234 g/mol. The number of tetrazole rings is 1. The van der Waals surface area contributed by atoms with E-state index in [2.05, 4.69) is 20.8 Å². The minimum atomic E-state index is 0.150. The second-order valence-corrected chi connectivity index (χ2v) is 6.19. The SMILES string of the molecule is NNc1nnn(C23CC4CC(CC(C4)C2)C3)n1. The van der Waals surface area contributed by atoms with Gasteiger partial charge in [0, 0.05) is 0 Å². The Morgan fingerprint density at radius 1 is 1.12 bits per heavy atom. The highest BCUT2D eigenvalue weighted by Crippen LogP contribution is 2.58. The van der Waals surface area contributed by atoms with Gasteiger partial charge in [0.15, 0.2) is 0 Å². The first-order valence-corrected chi connectivity index (χ1v) is 6.54. The molecule has 4 fully saturated rings. The summed E-state index contributed by atoms with van der Waals surface area (Å²) in [6.07, 6.45) is 7.99. The van der Waals surface area contributed by atoms with E-state index in [0.717, 1.165) is 17.8 Å². The summed E-state index contributed by atoms with van der Waals surface area (Å²) >= 11 is 0. The first kappa shape index (κ1) is 9.82. The molecule has 0 aromatic carbocycles. The zero-order valence-electron chi connectivity index (χ0n) is 9.84. The molecular formula is C11H18N6. The molecule has 1 heterocycles. The molecule has 6 nitrogen and oxygen atoms in total. The summed E-state index contributed by atoms with van der Waals surface area (Å²) in [6, 6.07) is 0. The molecule has 1 aromatic heterocycles. The van der Waals surface area contributed by atoms with Crippen LogP contribution in [0.4, 0.5) is 5.95 Å². The predicted molar refractivity (Wildman–Crippen MR) is 61.8 cm³/mol. The molecule has 4 aliphatic carbocycles. The summed E-state index contributed by atoms with van der Waals surface area (Å²) in [7, 11) is 0. The van der Waals surface area contributed by atoms with Gasteiger partial charge in [-0.15, -0.1) is 5.10 Å². The number of hydrogen-bond acceptors (Lipinski definition) is 5. The fourth-order valence-corrected chi connectivity index (χ4v) is 4.78. The molecule has 17 heavy (non-hydrogen) atoms. The quantitative estimate of drug-likeness (QED) is 0.586. The molecule has 4 saturated carbocycles. The van der Waals surface area contributed by atoms with Gasteiger partial charge < -0.3 is 0 Å². The Bertz CT molecular complexity index is 404.